The van der Waals surface area contributed by atoms with Crippen LogP contribution in [0.15, 0.2) is 0 Å². The zero-order valence-electron chi connectivity index (χ0n) is 9.41. The average Bonchev–Trinajstić information content (AvgIpc) is 2.26. The molecule has 2 atom stereocenters. The molecule has 0 aromatic rings. The molecule has 14 heavy (non-hydrogen) atoms. The fourth-order valence-electron chi connectivity index (χ4n) is 2.46. The first-order valence-electron chi connectivity index (χ1n) is 5.96. The lowest BCUT2D eigenvalue weighted by Crippen LogP contribution is -2.44. The van der Waals surface area contributed by atoms with Gasteiger partial charge in [0.1, 0.15) is 0 Å². The summed E-state index contributed by atoms with van der Waals surface area (Å²) in [6.45, 7) is 6.34. The summed E-state index contributed by atoms with van der Waals surface area (Å²) in [4.78, 5) is 2.59. The zero-order valence-corrected chi connectivity index (χ0v) is 9.41. The van der Waals surface area contributed by atoms with Gasteiger partial charge in [0.2, 0.25) is 0 Å². The molecule has 84 valence electrons. The molecule has 1 aliphatic heterocycles. The van der Waals surface area contributed by atoms with E-state index in [-0.39, 0.29) is 0 Å². The molecular formula is C11H25N3. The summed E-state index contributed by atoms with van der Waals surface area (Å²) in [5.41, 5.74) is 11.4. The van der Waals surface area contributed by atoms with Crippen LogP contribution in [0, 0.1) is 5.92 Å². The summed E-state index contributed by atoms with van der Waals surface area (Å²) >= 11 is 0. The fraction of sp³-hybridized carbons (Fsp3) is 1.00. The third-order valence-corrected chi connectivity index (χ3v) is 3.37. The Hall–Kier alpha value is -0.120. The van der Waals surface area contributed by atoms with Crippen molar-refractivity contribution in [3.05, 3.63) is 0 Å². The van der Waals surface area contributed by atoms with Crippen LogP contribution in [0.25, 0.3) is 0 Å². The summed E-state index contributed by atoms with van der Waals surface area (Å²) in [5, 5.41) is 0. The second-order valence-electron chi connectivity index (χ2n) is 4.38. The van der Waals surface area contributed by atoms with Crippen LogP contribution in [0.1, 0.15) is 32.6 Å². The van der Waals surface area contributed by atoms with E-state index in [9.17, 15) is 0 Å². The van der Waals surface area contributed by atoms with Gasteiger partial charge in [0.05, 0.1) is 0 Å². The third kappa shape index (κ3) is 3.23. The number of piperidine rings is 1. The van der Waals surface area contributed by atoms with E-state index in [1.807, 2.05) is 0 Å². The molecule has 0 saturated carbocycles. The Kier molecular flexibility index (Phi) is 5.45. The van der Waals surface area contributed by atoms with Crippen molar-refractivity contribution in [3.63, 3.8) is 0 Å². The van der Waals surface area contributed by atoms with Gasteiger partial charge in [0.25, 0.3) is 0 Å². The highest BCUT2D eigenvalue weighted by Gasteiger charge is 2.23. The largest absolute Gasteiger partial charge is 0.330 e. The molecule has 0 aromatic carbocycles. The minimum absolute atomic E-state index is 0.689. The SMILES string of the molecule is CCC(CCN)N1CCCC(CN)C1. The Morgan fingerprint density at radius 3 is 2.79 bits per heavy atom. The number of rotatable bonds is 5. The summed E-state index contributed by atoms with van der Waals surface area (Å²) in [6, 6.07) is 0.689. The zero-order chi connectivity index (χ0) is 10.4. The van der Waals surface area contributed by atoms with Gasteiger partial charge in [-0.1, -0.05) is 6.92 Å². The molecule has 0 radical (unpaired) electrons. The van der Waals surface area contributed by atoms with Crippen molar-refractivity contribution in [1.82, 2.24) is 4.90 Å². The Morgan fingerprint density at radius 2 is 2.21 bits per heavy atom. The molecule has 3 nitrogen and oxygen atoms in total. The quantitative estimate of drug-likeness (QED) is 0.688. The molecule has 1 heterocycles. The van der Waals surface area contributed by atoms with Crippen molar-refractivity contribution < 1.29 is 0 Å². The first-order valence-corrected chi connectivity index (χ1v) is 5.96. The van der Waals surface area contributed by atoms with E-state index in [0.717, 1.165) is 25.4 Å². The van der Waals surface area contributed by atoms with Crippen LogP contribution >= 0.6 is 0 Å². The predicted molar refractivity (Wildman–Crippen MR) is 61.1 cm³/mol. The molecule has 1 fully saturated rings. The summed E-state index contributed by atoms with van der Waals surface area (Å²) in [7, 11) is 0. The highest BCUT2D eigenvalue weighted by Crippen LogP contribution is 2.19. The van der Waals surface area contributed by atoms with Gasteiger partial charge >= 0.3 is 0 Å². The fourth-order valence-corrected chi connectivity index (χ4v) is 2.46. The van der Waals surface area contributed by atoms with Crippen molar-refractivity contribution in [2.75, 3.05) is 26.2 Å². The molecular weight excluding hydrogens is 174 g/mol. The maximum Gasteiger partial charge on any atom is 0.0105 e. The van der Waals surface area contributed by atoms with Crippen LogP contribution < -0.4 is 11.5 Å². The Balaban J connectivity index is 2.40. The lowest BCUT2D eigenvalue weighted by Gasteiger charge is -2.37. The normalized spacial score (nSPS) is 26.4. The molecule has 3 heteroatoms. The number of hydrogen-bond donors (Lipinski definition) is 2. The van der Waals surface area contributed by atoms with Gasteiger partial charge in [-0.2, -0.15) is 0 Å². The van der Waals surface area contributed by atoms with Gasteiger partial charge < -0.3 is 16.4 Å². The number of nitrogens with two attached hydrogens (primary N) is 2. The molecule has 2 unspecified atom stereocenters. The second kappa shape index (κ2) is 6.38. The molecule has 0 aromatic heterocycles. The highest BCUT2D eigenvalue weighted by molar-refractivity contribution is 4.79. The van der Waals surface area contributed by atoms with Crippen molar-refractivity contribution in [2.24, 2.45) is 17.4 Å². The Bertz CT molecular complexity index is 149. The van der Waals surface area contributed by atoms with Gasteiger partial charge in [-0.3, -0.25) is 0 Å². The first-order chi connectivity index (χ1) is 6.81. The minimum atomic E-state index is 0.689. The summed E-state index contributed by atoms with van der Waals surface area (Å²) in [6.07, 6.45) is 4.97. The highest BCUT2D eigenvalue weighted by atomic mass is 15.2. The van der Waals surface area contributed by atoms with Crippen molar-refractivity contribution in [3.8, 4) is 0 Å². The van der Waals surface area contributed by atoms with Crippen molar-refractivity contribution in [2.45, 2.75) is 38.6 Å². The smallest absolute Gasteiger partial charge is 0.0105 e. The van der Waals surface area contributed by atoms with Gasteiger partial charge in [-0.05, 0) is 51.2 Å². The summed E-state index contributed by atoms with van der Waals surface area (Å²) < 4.78 is 0. The number of hydrogen-bond acceptors (Lipinski definition) is 3. The average molecular weight is 199 g/mol. The Morgan fingerprint density at radius 1 is 1.43 bits per heavy atom. The molecule has 0 bridgehead atoms. The number of nitrogens with zero attached hydrogens (tertiary/aromatic N) is 1. The van der Waals surface area contributed by atoms with Crippen LogP contribution in [0.2, 0.25) is 0 Å². The van der Waals surface area contributed by atoms with E-state index in [4.69, 9.17) is 11.5 Å². The van der Waals surface area contributed by atoms with Crippen molar-refractivity contribution in [1.29, 1.82) is 0 Å². The van der Waals surface area contributed by atoms with Crippen LogP contribution in [-0.4, -0.2) is 37.1 Å². The predicted octanol–water partition coefficient (Wildman–Crippen LogP) is 0.785. The second-order valence-corrected chi connectivity index (χ2v) is 4.38. The van der Waals surface area contributed by atoms with Crippen LogP contribution in [0.4, 0.5) is 0 Å². The maximum atomic E-state index is 5.73. The number of likely N-dealkylation sites (tertiary alicyclic amines) is 1. The van der Waals surface area contributed by atoms with Gasteiger partial charge in [0, 0.05) is 12.6 Å². The molecule has 0 spiro atoms. The van der Waals surface area contributed by atoms with E-state index in [1.54, 1.807) is 0 Å². The minimum Gasteiger partial charge on any atom is -0.330 e. The van der Waals surface area contributed by atoms with E-state index in [0.29, 0.717) is 6.04 Å². The third-order valence-electron chi connectivity index (χ3n) is 3.37. The van der Waals surface area contributed by atoms with Crippen molar-refractivity contribution >= 4 is 0 Å². The van der Waals surface area contributed by atoms with Gasteiger partial charge in [-0.25, -0.2) is 0 Å². The van der Waals surface area contributed by atoms with E-state index >= 15 is 0 Å². The van der Waals surface area contributed by atoms with Crippen LogP contribution in [-0.2, 0) is 0 Å². The lowest BCUT2D eigenvalue weighted by atomic mass is 9.95. The van der Waals surface area contributed by atoms with E-state index < -0.39 is 0 Å². The Labute approximate surface area is 87.8 Å². The molecule has 0 aliphatic carbocycles. The molecule has 4 N–H and O–H groups in total. The summed E-state index contributed by atoms with van der Waals surface area (Å²) in [5.74, 6) is 0.718. The van der Waals surface area contributed by atoms with E-state index in [1.165, 1.54) is 32.4 Å². The topological polar surface area (TPSA) is 55.3 Å². The first kappa shape index (κ1) is 12.0. The molecule has 0 amide bonds. The van der Waals surface area contributed by atoms with Crippen LogP contribution in [0.3, 0.4) is 0 Å². The maximum absolute atomic E-state index is 5.73. The standard InChI is InChI=1S/C11H25N3/c1-2-11(5-6-12)14-7-3-4-10(8-13)9-14/h10-11H,2-9,12-13H2,1H3. The monoisotopic (exact) mass is 199 g/mol. The molecule has 1 saturated heterocycles. The molecule has 1 rings (SSSR count). The van der Waals surface area contributed by atoms with Gasteiger partial charge in [0.15, 0.2) is 0 Å². The lowest BCUT2D eigenvalue weighted by molar-refractivity contribution is 0.118. The van der Waals surface area contributed by atoms with Gasteiger partial charge in [-0.15, -0.1) is 0 Å². The molecule has 1 aliphatic rings. The van der Waals surface area contributed by atoms with Crippen LogP contribution in [0.5, 0.6) is 0 Å². The van der Waals surface area contributed by atoms with E-state index in [2.05, 4.69) is 11.8 Å².